The van der Waals surface area contributed by atoms with Gasteiger partial charge in [0.05, 0.1) is 19.7 Å². The van der Waals surface area contributed by atoms with Crippen molar-refractivity contribution >= 4 is 5.91 Å². The number of carbonyl (C=O) groups excluding carboxylic acids is 1. The number of benzene rings is 1. The fourth-order valence-corrected chi connectivity index (χ4v) is 1.63. The Bertz CT molecular complexity index is 410. The summed E-state index contributed by atoms with van der Waals surface area (Å²) in [5, 5.41) is 3.03. The zero-order valence-electron chi connectivity index (χ0n) is 12.5. The lowest BCUT2D eigenvalue weighted by molar-refractivity contribution is -0.129. The maximum atomic E-state index is 11.8. The van der Waals surface area contributed by atoms with E-state index in [-0.39, 0.29) is 5.91 Å². The quantitative estimate of drug-likeness (QED) is 0.687. The second-order valence-electron chi connectivity index (χ2n) is 4.65. The Morgan fingerprint density at radius 2 is 2.15 bits per heavy atom. The van der Waals surface area contributed by atoms with Gasteiger partial charge in [0.15, 0.2) is 0 Å². The van der Waals surface area contributed by atoms with Crippen molar-refractivity contribution < 1.29 is 14.3 Å². The molecule has 0 aliphatic rings. The lowest BCUT2D eigenvalue weighted by Crippen LogP contribution is -2.38. The van der Waals surface area contributed by atoms with Crippen LogP contribution in [0.25, 0.3) is 0 Å². The number of nitrogens with one attached hydrogen (secondary N) is 1. The van der Waals surface area contributed by atoms with E-state index in [0.717, 1.165) is 11.3 Å². The summed E-state index contributed by atoms with van der Waals surface area (Å²) in [6.45, 7) is 4.68. The van der Waals surface area contributed by atoms with Crippen molar-refractivity contribution in [2.24, 2.45) is 0 Å². The van der Waals surface area contributed by atoms with E-state index in [0.29, 0.717) is 32.8 Å². The van der Waals surface area contributed by atoms with Gasteiger partial charge in [-0.1, -0.05) is 12.1 Å². The summed E-state index contributed by atoms with van der Waals surface area (Å²) in [6, 6.07) is 7.88. The Morgan fingerprint density at radius 1 is 1.35 bits per heavy atom. The van der Waals surface area contributed by atoms with Crippen molar-refractivity contribution in [3.05, 3.63) is 29.8 Å². The van der Waals surface area contributed by atoms with Crippen molar-refractivity contribution in [3.8, 4) is 5.75 Å². The SMILES string of the molecule is COCCNCC(=O)N(C)CCOc1cccc(C)c1. The monoisotopic (exact) mass is 280 g/mol. The van der Waals surface area contributed by atoms with Gasteiger partial charge < -0.3 is 19.7 Å². The first-order valence-corrected chi connectivity index (χ1v) is 6.76. The summed E-state index contributed by atoms with van der Waals surface area (Å²) >= 11 is 0. The molecule has 112 valence electrons. The van der Waals surface area contributed by atoms with E-state index in [1.54, 1.807) is 19.1 Å². The summed E-state index contributed by atoms with van der Waals surface area (Å²) < 4.78 is 10.5. The van der Waals surface area contributed by atoms with Crippen LogP contribution in [0.1, 0.15) is 5.56 Å². The standard InChI is InChI=1S/C15H24N2O3/c1-13-5-4-6-14(11-13)20-10-8-17(2)15(18)12-16-7-9-19-3/h4-6,11,16H,7-10,12H2,1-3H3. The number of rotatable bonds is 9. The topological polar surface area (TPSA) is 50.8 Å². The zero-order chi connectivity index (χ0) is 14.8. The molecule has 0 saturated heterocycles. The van der Waals surface area contributed by atoms with Crippen molar-refractivity contribution in [1.29, 1.82) is 0 Å². The minimum atomic E-state index is 0.0499. The van der Waals surface area contributed by atoms with Crippen LogP contribution in [-0.4, -0.2) is 57.8 Å². The lowest BCUT2D eigenvalue weighted by Gasteiger charge is -2.18. The molecule has 0 aliphatic carbocycles. The third-order valence-corrected chi connectivity index (χ3v) is 2.87. The molecule has 0 fully saturated rings. The highest BCUT2D eigenvalue weighted by Gasteiger charge is 2.07. The molecule has 0 radical (unpaired) electrons. The average molecular weight is 280 g/mol. The number of ether oxygens (including phenoxy) is 2. The second-order valence-corrected chi connectivity index (χ2v) is 4.65. The number of hydrogen-bond acceptors (Lipinski definition) is 4. The minimum absolute atomic E-state index is 0.0499. The molecule has 0 aromatic heterocycles. The number of amides is 1. The molecule has 0 atom stereocenters. The van der Waals surface area contributed by atoms with E-state index in [4.69, 9.17) is 9.47 Å². The van der Waals surface area contributed by atoms with Gasteiger partial charge >= 0.3 is 0 Å². The first-order chi connectivity index (χ1) is 9.63. The van der Waals surface area contributed by atoms with Crippen LogP contribution in [0.3, 0.4) is 0 Å². The maximum absolute atomic E-state index is 11.8. The average Bonchev–Trinajstić information content (AvgIpc) is 2.43. The number of methoxy groups -OCH3 is 1. The molecule has 0 unspecified atom stereocenters. The third kappa shape index (κ3) is 6.54. The van der Waals surface area contributed by atoms with Crippen LogP contribution in [-0.2, 0) is 9.53 Å². The lowest BCUT2D eigenvalue weighted by atomic mass is 10.2. The highest BCUT2D eigenvalue weighted by atomic mass is 16.5. The molecule has 5 heteroatoms. The highest BCUT2D eigenvalue weighted by molar-refractivity contribution is 5.77. The Hall–Kier alpha value is -1.59. The van der Waals surface area contributed by atoms with Crippen molar-refractivity contribution in [2.75, 3.05) is 47.0 Å². The summed E-state index contributed by atoms with van der Waals surface area (Å²) in [6.07, 6.45) is 0. The first-order valence-electron chi connectivity index (χ1n) is 6.76. The molecule has 1 rings (SSSR count). The largest absolute Gasteiger partial charge is 0.492 e. The van der Waals surface area contributed by atoms with Crippen molar-refractivity contribution in [2.45, 2.75) is 6.92 Å². The van der Waals surface area contributed by atoms with Crippen LogP contribution in [0.5, 0.6) is 5.75 Å². The smallest absolute Gasteiger partial charge is 0.236 e. The molecule has 20 heavy (non-hydrogen) atoms. The van der Waals surface area contributed by atoms with Crippen molar-refractivity contribution in [1.82, 2.24) is 10.2 Å². The van der Waals surface area contributed by atoms with E-state index in [9.17, 15) is 4.79 Å². The second kappa shape index (κ2) is 9.34. The Labute approximate surface area is 120 Å². The van der Waals surface area contributed by atoms with E-state index in [2.05, 4.69) is 5.32 Å². The Kier molecular flexibility index (Phi) is 7.69. The fourth-order valence-electron chi connectivity index (χ4n) is 1.63. The fraction of sp³-hybridized carbons (Fsp3) is 0.533. The predicted molar refractivity (Wildman–Crippen MR) is 79.1 cm³/mol. The Morgan fingerprint density at radius 3 is 2.85 bits per heavy atom. The minimum Gasteiger partial charge on any atom is -0.492 e. The van der Waals surface area contributed by atoms with Crippen LogP contribution in [0.4, 0.5) is 0 Å². The molecule has 0 heterocycles. The number of carbonyl (C=O) groups is 1. The van der Waals surface area contributed by atoms with Gasteiger partial charge in [0.2, 0.25) is 5.91 Å². The number of hydrogen-bond donors (Lipinski definition) is 1. The number of aryl methyl sites for hydroxylation is 1. The van der Waals surface area contributed by atoms with Crippen LogP contribution < -0.4 is 10.1 Å². The van der Waals surface area contributed by atoms with Gasteiger partial charge in [0.25, 0.3) is 0 Å². The molecule has 0 spiro atoms. The third-order valence-electron chi connectivity index (χ3n) is 2.87. The molecule has 1 aromatic rings. The molecule has 0 bridgehead atoms. The molecule has 5 nitrogen and oxygen atoms in total. The van der Waals surface area contributed by atoms with E-state index in [1.165, 1.54) is 0 Å². The molecule has 0 saturated carbocycles. The van der Waals surface area contributed by atoms with Gasteiger partial charge in [-0.2, -0.15) is 0 Å². The van der Waals surface area contributed by atoms with Gasteiger partial charge in [-0.3, -0.25) is 4.79 Å². The van der Waals surface area contributed by atoms with Crippen LogP contribution in [0, 0.1) is 6.92 Å². The number of nitrogens with zero attached hydrogens (tertiary/aromatic N) is 1. The van der Waals surface area contributed by atoms with Gasteiger partial charge in [-0.25, -0.2) is 0 Å². The Balaban J connectivity index is 2.18. The molecule has 1 N–H and O–H groups in total. The summed E-state index contributed by atoms with van der Waals surface area (Å²) in [5.41, 5.74) is 1.16. The van der Waals surface area contributed by atoms with Gasteiger partial charge in [-0.05, 0) is 24.6 Å². The van der Waals surface area contributed by atoms with Crippen molar-refractivity contribution in [3.63, 3.8) is 0 Å². The predicted octanol–water partition coefficient (Wildman–Crippen LogP) is 1.07. The highest BCUT2D eigenvalue weighted by Crippen LogP contribution is 2.11. The normalized spacial score (nSPS) is 10.3. The van der Waals surface area contributed by atoms with Gasteiger partial charge in [0.1, 0.15) is 12.4 Å². The maximum Gasteiger partial charge on any atom is 0.236 e. The first kappa shape index (κ1) is 16.5. The summed E-state index contributed by atoms with van der Waals surface area (Å²) in [4.78, 5) is 13.4. The zero-order valence-corrected chi connectivity index (χ0v) is 12.5. The van der Waals surface area contributed by atoms with E-state index < -0.39 is 0 Å². The van der Waals surface area contributed by atoms with Crippen LogP contribution >= 0.6 is 0 Å². The molecule has 1 amide bonds. The number of likely N-dealkylation sites (N-methyl/N-ethyl adjacent to an activating group) is 1. The molecule has 0 aliphatic heterocycles. The van der Waals surface area contributed by atoms with Gasteiger partial charge in [0, 0.05) is 20.7 Å². The summed E-state index contributed by atoms with van der Waals surface area (Å²) in [5.74, 6) is 0.887. The van der Waals surface area contributed by atoms with E-state index in [1.807, 2.05) is 31.2 Å². The van der Waals surface area contributed by atoms with E-state index >= 15 is 0 Å². The molecule has 1 aromatic carbocycles. The molecular weight excluding hydrogens is 256 g/mol. The molecular formula is C15H24N2O3. The van der Waals surface area contributed by atoms with Crippen LogP contribution in [0.15, 0.2) is 24.3 Å². The van der Waals surface area contributed by atoms with Gasteiger partial charge in [-0.15, -0.1) is 0 Å². The summed E-state index contributed by atoms with van der Waals surface area (Å²) in [7, 11) is 3.41. The van der Waals surface area contributed by atoms with Crippen LogP contribution in [0.2, 0.25) is 0 Å².